The summed E-state index contributed by atoms with van der Waals surface area (Å²) in [5.41, 5.74) is 2.47. The van der Waals surface area contributed by atoms with Gasteiger partial charge in [-0.25, -0.2) is 4.57 Å². The Labute approximate surface area is 179 Å². The van der Waals surface area contributed by atoms with Gasteiger partial charge in [-0.2, -0.15) is 0 Å². The molecule has 134 valence electrons. The van der Waals surface area contributed by atoms with Crippen molar-refractivity contribution < 1.29 is 61.7 Å². The third-order valence-corrected chi connectivity index (χ3v) is 4.75. The van der Waals surface area contributed by atoms with Crippen LogP contribution < -0.4 is 57.8 Å². The maximum atomic E-state index is 5.46. The lowest BCUT2D eigenvalue weighted by atomic mass is 10.2. The molecule has 1 aliphatic rings. The van der Waals surface area contributed by atoms with Crippen molar-refractivity contribution in [1.29, 1.82) is 0 Å². The van der Waals surface area contributed by atoms with E-state index in [4.69, 9.17) is 4.74 Å². The largest absolute Gasteiger partial charge is 1.00 e. The summed E-state index contributed by atoms with van der Waals surface area (Å²) < 4.78 is 8.77. The Morgan fingerprint density at radius 2 is 1.92 bits per heavy atom. The first-order valence-corrected chi connectivity index (χ1v) is 8.20. The predicted molar refractivity (Wildman–Crippen MR) is 89.8 cm³/mol. The first-order chi connectivity index (χ1) is 10.7. The third-order valence-electron chi connectivity index (χ3n) is 4.75. The summed E-state index contributed by atoms with van der Waals surface area (Å²) in [7, 11) is 4.44. The van der Waals surface area contributed by atoms with Crippen molar-refractivity contribution >= 4 is 16.6 Å². The number of benzene rings is 1. The van der Waals surface area contributed by atoms with Gasteiger partial charge in [0.2, 0.25) is 5.52 Å². The van der Waals surface area contributed by atoms with Gasteiger partial charge in [0.25, 0.3) is 0 Å². The molecule has 0 unspecified atom stereocenters. The number of fused-ring (bicyclic) bond motifs is 1. The minimum atomic E-state index is 0. The van der Waals surface area contributed by atoms with Crippen LogP contribution in [-0.2, 0) is 11.8 Å². The highest BCUT2D eigenvalue weighted by molar-refractivity contribution is 5.79. The average Bonchev–Trinajstić information content (AvgIpc) is 2.53. The number of nitrogens with zero attached hydrogens (tertiary/aromatic N) is 2. The van der Waals surface area contributed by atoms with Crippen LogP contribution in [0.2, 0.25) is 0 Å². The molecular formula is C18H27I2N3O. The van der Waals surface area contributed by atoms with E-state index in [1.165, 1.54) is 29.6 Å². The Bertz CT molecular complexity index is 645. The lowest BCUT2D eigenvalue weighted by Gasteiger charge is -2.37. The molecule has 6 heteroatoms. The minimum Gasteiger partial charge on any atom is -1.00 e. The summed E-state index contributed by atoms with van der Waals surface area (Å²) in [6, 6.07) is 10.8. The van der Waals surface area contributed by atoms with Crippen molar-refractivity contribution in [2.45, 2.75) is 6.42 Å². The fourth-order valence-electron chi connectivity index (χ4n) is 3.16. The lowest BCUT2D eigenvalue weighted by Crippen LogP contribution is -3.00. The second-order valence-corrected chi connectivity index (χ2v) is 6.58. The zero-order valence-corrected chi connectivity index (χ0v) is 18.8. The molecule has 0 saturated carbocycles. The van der Waals surface area contributed by atoms with E-state index in [9.17, 15) is 0 Å². The summed E-state index contributed by atoms with van der Waals surface area (Å²) in [6.45, 7) is 6.35. The summed E-state index contributed by atoms with van der Waals surface area (Å²) in [5.74, 6) is 0. The summed E-state index contributed by atoms with van der Waals surface area (Å²) >= 11 is 0. The number of nitrogens with one attached hydrogen (secondary N) is 1. The van der Waals surface area contributed by atoms with Crippen LogP contribution in [0.15, 0.2) is 36.5 Å². The van der Waals surface area contributed by atoms with Crippen molar-refractivity contribution in [1.82, 2.24) is 0 Å². The number of anilines is 1. The number of hydrogen-bond acceptors (Lipinski definition) is 2. The molecule has 0 bridgehead atoms. The van der Waals surface area contributed by atoms with Crippen LogP contribution >= 0.6 is 0 Å². The minimum absolute atomic E-state index is 0. The van der Waals surface area contributed by atoms with Crippen LogP contribution in [0.5, 0.6) is 0 Å². The number of hydrogen-bond donors (Lipinski definition) is 1. The van der Waals surface area contributed by atoms with E-state index in [0.717, 1.165) is 37.3 Å². The molecule has 0 spiro atoms. The van der Waals surface area contributed by atoms with Gasteiger partial charge in [0.15, 0.2) is 6.20 Å². The molecule has 1 fully saturated rings. The molecule has 24 heavy (non-hydrogen) atoms. The highest BCUT2D eigenvalue weighted by Gasteiger charge is 2.24. The van der Waals surface area contributed by atoms with Crippen molar-refractivity contribution in [2.24, 2.45) is 7.05 Å². The van der Waals surface area contributed by atoms with Gasteiger partial charge < -0.3 is 62.5 Å². The molecular weight excluding hydrogens is 528 g/mol. The van der Waals surface area contributed by atoms with Crippen molar-refractivity contribution in [3.8, 4) is 0 Å². The SMILES string of the molecule is C[n+]1cccc2ccc(NCCC[N+]3(C)CCOCC3)cc21.[I-].[I-]. The number of ether oxygens (including phenoxy) is 1. The molecule has 4 nitrogen and oxygen atoms in total. The average molecular weight is 555 g/mol. The Morgan fingerprint density at radius 3 is 2.67 bits per heavy atom. The van der Waals surface area contributed by atoms with Gasteiger partial charge in [0.1, 0.15) is 20.1 Å². The fraction of sp³-hybridized carbons (Fsp3) is 0.500. The highest BCUT2D eigenvalue weighted by Crippen LogP contribution is 2.16. The van der Waals surface area contributed by atoms with Crippen LogP contribution in [0.3, 0.4) is 0 Å². The maximum absolute atomic E-state index is 5.46. The van der Waals surface area contributed by atoms with E-state index < -0.39 is 0 Å². The number of halogens is 2. The van der Waals surface area contributed by atoms with E-state index in [-0.39, 0.29) is 48.0 Å². The van der Waals surface area contributed by atoms with Crippen molar-refractivity contribution in [3.05, 3.63) is 36.5 Å². The van der Waals surface area contributed by atoms with Gasteiger partial charge >= 0.3 is 0 Å². The third kappa shape index (κ3) is 5.67. The molecule has 2 heterocycles. The fourth-order valence-corrected chi connectivity index (χ4v) is 3.16. The predicted octanol–water partition coefficient (Wildman–Crippen LogP) is -4.05. The van der Waals surface area contributed by atoms with E-state index in [0.29, 0.717) is 0 Å². The van der Waals surface area contributed by atoms with Crippen LogP contribution in [0, 0.1) is 0 Å². The molecule has 1 N–H and O–H groups in total. The van der Waals surface area contributed by atoms with E-state index >= 15 is 0 Å². The lowest BCUT2D eigenvalue weighted by molar-refractivity contribution is -0.916. The second-order valence-electron chi connectivity index (χ2n) is 6.58. The number of morpholine rings is 1. The van der Waals surface area contributed by atoms with Gasteiger partial charge in [-0.05, 0) is 18.2 Å². The Balaban J connectivity index is 0.00000144. The van der Waals surface area contributed by atoms with Crippen LogP contribution in [0.1, 0.15) is 6.42 Å². The van der Waals surface area contributed by atoms with Gasteiger partial charge in [0.05, 0.1) is 26.8 Å². The molecule has 0 radical (unpaired) electrons. The zero-order valence-electron chi connectivity index (χ0n) is 14.5. The normalized spacial score (nSPS) is 16.1. The number of aromatic nitrogens is 1. The van der Waals surface area contributed by atoms with E-state index in [1.807, 2.05) is 0 Å². The molecule has 0 aliphatic carbocycles. The number of likely N-dealkylation sites (N-methyl/N-ethyl adjacent to an activating group) is 1. The maximum Gasteiger partial charge on any atom is 0.214 e. The molecule has 0 amide bonds. The first-order valence-electron chi connectivity index (χ1n) is 8.20. The van der Waals surface area contributed by atoms with Crippen LogP contribution in [-0.4, -0.2) is 50.9 Å². The monoisotopic (exact) mass is 555 g/mol. The van der Waals surface area contributed by atoms with Gasteiger partial charge in [-0.1, -0.05) is 0 Å². The zero-order chi connectivity index (χ0) is 15.4. The molecule has 1 aromatic heterocycles. The van der Waals surface area contributed by atoms with Crippen molar-refractivity contribution in [2.75, 3.05) is 51.8 Å². The van der Waals surface area contributed by atoms with E-state index in [1.54, 1.807) is 0 Å². The molecule has 1 aliphatic heterocycles. The number of pyridine rings is 1. The van der Waals surface area contributed by atoms with Gasteiger partial charge in [-0.15, -0.1) is 0 Å². The molecule has 0 atom stereocenters. The van der Waals surface area contributed by atoms with Crippen LogP contribution in [0.4, 0.5) is 5.69 Å². The summed E-state index contributed by atoms with van der Waals surface area (Å²) in [5, 5.41) is 4.85. The smallest absolute Gasteiger partial charge is 0.214 e. The van der Waals surface area contributed by atoms with Gasteiger partial charge in [-0.3, -0.25) is 0 Å². The van der Waals surface area contributed by atoms with Crippen molar-refractivity contribution in [3.63, 3.8) is 0 Å². The van der Waals surface area contributed by atoms with Gasteiger partial charge in [0, 0.05) is 36.2 Å². The van der Waals surface area contributed by atoms with E-state index in [2.05, 4.69) is 60.5 Å². The Hall–Kier alpha value is -0.190. The standard InChI is InChI=1S/C18H26N3O.2HI/c1-20-9-3-5-16-6-7-17(15-18(16)20)19-8-4-10-21(2)11-13-22-14-12-21;;/h3,5-7,9,15H,4,8,10-14H2,1-2H3;2*1H/q+1;;/p-1. The second kappa shape index (κ2) is 10.1. The summed E-state index contributed by atoms with van der Waals surface area (Å²) in [6.07, 6.45) is 3.28. The molecule has 3 rings (SSSR count). The number of quaternary nitrogens is 1. The van der Waals surface area contributed by atoms with Crippen LogP contribution in [0.25, 0.3) is 10.9 Å². The Morgan fingerprint density at radius 1 is 1.17 bits per heavy atom. The molecule has 1 aromatic carbocycles. The topological polar surface area (TPSA) is 25.1 Å². The molecule has 1 saturated heterocycles. The Kier molecular flexibility index (Phi) is 9.18. The highest BCUT2D eigenvalue weighted by atomic mass is 127. The number of aryl methyl sites for hydroxylation is 1. The molecule has 2 aromatic rings. The first kappa shape index (κ1) is 21.9. The quantitative estimate of drug-likeness (QED) is 0.176. The summed E-state index contributed by atoms with van der Waals surface area (Å²) in [4.78, 5) is 0. The number of rotatable bonds is 5.